The molecule has 9 nitrogen and oxygen atoms in total. The molecule has 2 N–H and O–H groups in total. The Kier molecular flexibility index (Phi) is 8.85. The van der Waals surface area contributed by atoms with Crippen LogP contribution in [-0.4, -0.2) is 58.2 Å². The van der Waals surface area contributed by atoms with Gasteiger partial charge in [0, 0.05) is 23.7 Å². The zero-order valence-corrected chi connectivity index (χ0v) is 22.4. The number of hydrogen-bond acceptors (Lipinski definition) is 9. The van der Waals surface area contributed by atoms with E-state index in [2.05, 4.69) is 41.9 Å². The molecule has 2 aromatic heterocycles. The molecule has 0 amide bonds. The van der Waals surface area contributed by atoms with Gasteiger partial charge >= 0.3 is 0 Å². The van der Waals surface area contributed by atoms with Crippen LogP contribution in [0.3, 0.4) is 0 Å². The van der Waals surface area contributed by atoms with Gasteiger partial charge in [0.1, 0.15) is 23.8 Å². The number of benzene rings is 2. The van der Waals surface area contributed by atoms with Crippen molar-refractivity contribution >= 4 is 39.7 Å². The summed E-state index contributed by atoms with van der Waals surface area (Å²) in [6.07, 6.45) is 10.5. The minimum Gasteiger partial charge on any atom is -0.493 e. The number of nitrogens with zero attached hydrogens (tertiary/aromatic N) is 5. The van der Waals surface area contributed by atoms with Crippen molar-refractivity contribution in [2.24, 2.45) is 0 Å². The number of nitrogens with one attached hydrogen (secondary N) is 2. The van der Waals surface area contributed by atoms with Crippen molar-refractivity contribution in [3.8, 4) is 11.5 Å². The minimum atomic E-state index is -0.463. The molecule has 3 heterocycles. The number of aromatic nitrogens is 4. The second-order valence-corrected chi connectivity index (χ2v) is 9.55. The topological polar surface area (TPSA) is 97.3 Å². The number of halogens is 2. The fraction of sp³-hybridized carbons (Fsp3) is 0.321. The van der Waals surface area contributed by atoms with Gasteiger partial charge in [0.2, 0.25) is 0 Å². The summed E-state index contributed by atoms with van der Waals surface area (Å²) in [5, 5.41) is 7.23. The third kappa shape index (κ3) is 7.01. The molecule has 203 valence electrons. The number of hydrogen-bond donors (Lipinski definition) is 2. The Hall–Kier alpha value is -3.76. The first-order valence-electron chi connectivity index (χ1n) is 12.9. The van der Waals surface area contributed by atoms with Gasteiger partial charge in [-0.25, -0.2) is 24.3 Å². The molecule has 0 saturated carbocycles. The average molecular weight is 551 g/mol. The van der Waals surface area contributed by atoms with Crippen molar-refractivity contribution in [3.63, 3.8) is 0 Å². The van der Waals surface area contributed by atoms with E-state index in [0.717, 1.165) is 49.8 Å². The van der Waals surface area contributed by atoms with Crippen molar-refractivity contribution in [1.82, 2.24) is 24.8 Å². The first kappa shape index (κ1) is 26.8. The van der Waals surface area contributed by atoms with Crippen LogP contribution in [-0.2, 0) is 6.54 Å². The fourth-order valence-electron chi connectivity index (χ4n) is 4.37. The van der Waals surface area contributed by atoms with E-state index in [4.69, 9.17) is 21.1 Å². The van der Waals surface area contributed by atoms with Crippen LogP contribution in [0.2, 0.25) is 5.02 Å². The number of methoxy groups -OCH3 is 1. The highest BCUT2D eigenvalue weighted by Crippen LogP contribution is 2.34. The van der Waals surface area contributed by atoms with Crippen LogP contribution in [0.15, 0.2) is 49.1 Å². The summed E-state index contributed by atoms with van der Waals surface area (Å²) in [5.41, 5.74) is 2.07. The quantitative estimate of drug-likeness (QED) is 0.230. The first-order chi connectivity index (χ1) is 19.1. The van der Waals surface area contributed by atoms with Crippen LogP contribution < -0.4 is 20.1 Å². The SMILES string of the molecule is COc1cc2c(Nc3cnc(CNc4ccc(F)c(Cl)c4)nc3)ncnc2cc1OCCCN1CC[CH]CC1. The lowest BCUT2D eigenvalue weighted by molar-refractivity contribution is 0.219. The molecule has 1 radical (unpaired) electrons. The number of likely N-dealkylation sites (tertiary alicyclic amines) is 1. The Labute approximate surface area is 231 Å². The molecule has 1 fully saturated rings. The lowest BCUT2D eigenvalue weighted by Gasteiger charge is -2.26. The summed E-state index contributed by atoms with van der Waals surface area (Å²) >= 11 is 5.84. The van der Waals surface area contributed by atoms with E-state index in [1.165, 1.54) is 18.5 Å². The van der Waals surface area contributed by atoms with E-state index >= 15 is 0 Å². The summed E-state index contributed by atoms with van der Waals surface area (Å²) in [6.45, 7) is 4.24. The molecule has 0 bridgehead atoms. The molecule has 11 heteroatoms. The van der Waals surface area contributed by atoms with E-state index in [0.29, 0.717) is 47.7 Å². The zero-order chi connectivity index (χ0) is 27.0. The molecule has 2 aromatic carbocycles. The van der Waals surface area contributed by atoms with Gasteiger partial charge in [0.05, 0.1) is 48.9 Å². The summed E-state index contributed by atoms with van der Waals surface area (Å²) in [7, 11) is 1.62. The average Bonchev–Trinajstić information content (AvgIpc) is 2.97. The van der Waals surface area contributed by atoms with Gasteiger partial charge in [-0.15, -0.1) is 0 Å². The van der Waals surface area contributed by atoms with Crippen molar-refractivity contribution in [3.05, 3.63) is 72.1 Å². The minimum absolute atomic E-state index is 0.0553. The molecule has 0 atom stereocenters. The van der Waals surface area contributed by atoms with Gasteiger partial charge in [0.25, 0.3) is 0 Å². The molecular formula is C28H30ClFN7O2. The number of rotatable bonds is 11. The smallest absolute Gasteiger partial charge is 0.163 e. The predicted octanol–water partition coefficient (Wildman–Crippen LogP) is 5.65. The van der Waals surface area contributed by atoms with Crippen molar-refractivity contribution in [2.75, 3.05) is 44.0 Å². The number of anilines is 3. The molecule has 0 aliphatic carbocycles. The number of fused-ring (bicyclic) bond motifs is 1. The van der Waals surface area contributed by atoms with E-state index in [-0.39, 0.29) is 5.02 Å². The van der Waals surface area contributed by atoms with E-state index < -0.39 is 5.82 Å². The first-order valence-corrected chi connectivity index (χ1v) is 13.2. The highest BCUT2D eigenvalue weighted by Gasteiger charge is 2.14. The maximum absolute atomic E-state index is 13.4. The largest absolute Gasteiger partial charge is 0.493 e. The molecule has 1 aliphatic heterocycles. The molecule has 5 rings (SSSR count). The van der Waals surface area contributed by atoms with Crippen LogP contribution in [0.1, 0.15) is 25.1 Å². The highest BCUT2D eigenvalue weighted by atomic mass is 35.5. The molecular weight excluding hydrogens is 521 g/mol. The van der Waals surface area contributed by atoms with Crippen LogP contribution in [0.4, 0.5) is 21.6 Å². The van der Waals surface area contributed by atoms with Crippen LogP contribution in [0, 0.1) is 12.2 Å². The van der Waals surface area contributed by atoms with Gasteiger partial charge in [0.15, 0.2) is 11.5 Å². The Balaban J connectivity index is 1.22. The second-order valence-electron chi connectivity index (χ2n) is 9.15. The molecule has 1 aliphatic rings. The fourth-order valence-corrected chi connectivity index (χ4v) is 4.55. The standard InChI is InChI=1S/C28H30ClFN7O2/c1-38-25-13-21-24(14-26(25)39-11-5-10-37-8-3-2-4-9-37)34-18-35-28(21)36-20-15-32-27(33-16-20)17-31-19-6-7-23(30)22(29)12-19/h2,6-7,12-16,18,31H,3-5,8-11,17H2,1H3,(H,34,35,36). The monoisotopic (exact) mass is 550 g/mol. The Morgan fingerprint density at radius 1 is 1.00 bits per heavy atom. The highest BCUT2D eigenvalue weighted by molar-refractivity contribution is 6.31. The second kappa shape index (κ2) is 12.9. The normalized spacial score (nSPS) is 13.8. The Bertz CT molecular complexity index is 1400. The van der Waals surface area contributed by atoms with Crippen LogP contribution >= 0.6 is 11.6 Å². The van der Waals surface area contributed by atoms with Gasteiger partial charge in [-0.05, 0) is 63.0 Å². The summed E-state index contributed by atoms with van der Waals surface area (Å²) in [4.78, 5) is 20.1. The lowest BCUT2D eigenvalue weighted by atomic mass is 10.1. The predicted molar refractivity (Wildman–Crippen MR) is 150 cm³/mol. The van der Waals surface area contributed by atoms with Gasteiger partial charge in [-0.1, -0.05) is 11.6 Å². The van der Waals surface area contributed by atoms with Crippen molar-refractivity contribution in [1.29, 1.82) is 0 Å². The number of piperidine rings is 1. The van der Waals surface area contributed by atoms with Gasteiger partial charge in [-0.2, -0.15) is 0 Å². The molecule has 0 spiro atoms. The summed E-state index contributed by atoms with van der Waals surface area (Å²) in [6, 6.07) is 8.19. The Morgan fingerprint density at radius 3 is 2.59 bits per heavy atom. The third-order valence-corrected chi connectivity index (χ3v) is 6.72. The zero-order valence-electron chi connectivity index (χ0n) is 21.7. The van der Waals surface area contributed by atoms with E-state index in [9.17, 15) is 4.39 Å². The van der Waals surface area contributed by atoms with Crippen molar-refractivity contribution < 1.29 is 13.9 Å². The van der Waals surface area contributed by atoms with Gasteiger partial charge in [-0.3, -0.25) is 0 Å². The van der Waals surface area contributed by atoms with E-state index in [1.54, 1.807) is 25.6 Å². The molecule has 1 saturated heterocycles. The summed E-state index contributed by atoms with van der Waals surface area (Å²) in [5.74, 6) is 1.98. The lowest BCUT2D eigenvalue weighted by Crippen LogP contribution is -2.31. The molecule has 0 unspecified atom stereocenters. The maximum Gasteiger partial charge on any atom is 0.163 e. The Morgan fingerprint density at radius 2 is 1.82 bits per heavy atom. The molecule has 39 heavy (non-hydrogen) atoms. The van der Waals surface area contributed by atoms with Crippen molar-refractivity contribution in [2.45, 2.75) is 25.8 Å². The maximum atomic E-state index is 13.4. The van der Waals surface area contributed by atoms with Crippen LogP contribution in [0.25, 0.3) is 10.9 Å². The summed E-state index contributed by atoms with van der Waals surface area (Å²) < 4.78 is 25.0. The number of ether oxygens (including phenoxy) is 2. The van der Waals surface area contributed by atoms with Crippen LogP contribution in [0.5, 0.6) is 11.5 Å². The third-order valence-electron chi connectivity index (χ3n) is 6.43. The van der Waals surface area contributed by atoms with Gasteiger partial charge < -0.3 is 25.0 Å². The van der Waals surface area contributed by atoms with E-state index in [1.807, 2.05) is 12.1 Å². The molecule has 4 aromatic rings.